The van der Waals surface area contributed by atoms with E-state index < -0.39 is 0 Å². The summed E-state index contributed by atoms with van der Waals surface area (Å²) in [7, 11) is 0. The van der Waals surface area contributed by atoms with Crippen LogP contribution in [0.2, 0.25) is 0 Å². The number of nitrogens with zero attached hydrogens (tertiary/aromatic N) is 7. The predicted octanol–water partition coefficient (Wildman–Crippen LogP) is 3.62. The quantitative estimate of drug-likeness (QED) is 0.453. The molecule has 2 saturated heterocycles. The van der Waals surface area contributed by atoms with Gasteiger partial charge in [0, 0.05) is 43.2 Å². The van der Waals surface area contributed by atoms with Crippen LogP contribution >= 0.6 is 0 Å². The summed E-state index contributed by atoms with van der Waals surface area (Å²) in [4.78, 5) is 24.5. The van der Waals surface area contributed by atoms with Gasteiger partial charge in [-0.25, -0.2) is 4.98 Å². The lowest BCUT2D eigenvalue weighted by atomic mass is 10.0. The molecule has 3 aromatic heterocycles. The Bertz CT molecular complexity index is 1460. The van der Waals surface area contributed by atoms with Crippen molar-refractivity contribution >= 4 is 27.8 Å². The number of likely N-dealkylation sites (tertiary alicyclic amines) is 1. The second kappa shape index (κ2) is 8.71. The van der Waals surface area contributed by atoms with E-state index >= 15 is 0 Å². The molecule has 0 bridgehead atoms. The Hall–Kier alpha value is -3.90. The van der Waals surface area contributed by atoms with Crippen molar-refractivity contribution in [2.75, 3.05) is 19.7 Å². The van der Waals surface area contributed by atoms with Crippen LogP contribution in [0.5, 0.6) is 0 Å². The molecule has 2 aliphatic rings. The number of pyridine rings is 1. The zero-order valence-electron chi connectivity index (χ0n) is 19.5. The first-order chi connectivity index (χ1) is 17.1. The summed E-state index contributed by atoms with van der Waals surface area (Å²) in [5.41, 5.74) is 3.64. The number of aromatic nitrogens is 5. The first kappa shape index (κ1) is 21.6. The van der Waals surface area contributed by atoms with E-state index in [-0.39, 0.29) is 24.0 Å². The Morgan fingerprint density at radius 1 is 1.23 bits per heavy atom. The van der Waals surface area contributed by atoms with Gasteiger partial charge < -0.3 is 14.2 Å². The summed E-state index contributed by atoms with van der Waals surface area (Å²) >= 11 is 0. The highest BCUT2D eigenvalue weighted by atomic mass is 16.5. The van der Waals surface area contributed by atoms with Crippen LogP contribution in [-0.4, -0.2) is 61.3 Å². The smallest absolute Gasteiger partial charge is 0.274 e. The minimum absolute atomic E-state index is 0.0929. The van der Waals surface area contributed by atoms with Gasteiger partial charge in [0.2, 0.25) is 0 Å². The van der Waals surface area contributed by atoms with Gasteiger partial charge in [-0.3, -0.25) is 9.78 Å². The van der Waals surface area contributed by atoms with Crippen molar-refractivity contribution in [1.82, 2.24) is 29.6 Å². The van der Waals surface area contributed by atoms with Crippen LogP contribution < -0.4 is 0 Å². The van der Waals surface area contributed by atoms with Crippen LogP contribution in [0.15, 0.2) is 42.7 Å². The van der Waals surface area contributed by atoms with Crippen molar-refractivity contribution in [2.45, 2.75) is 44.2 Å². The van der Waals surface area contributed by atoms with Crippen LogP contribution in [0.3, 0.4) is 0 Å². The molecule has 0 aliphatic carbocycles. The average Bonchev–Trinajstić information content (AvgIpc) is 3.54. The first-order valence-corrected chi connectivity index (χ1v) is 12.0. The lowest BCUT2D eigenvalue weighted by Gasteiger charge is -2.31. The van der Waals surface area contributed by atoms with Gasteiger partial charge in [-0.15, -0.1) is 5.10 Å². The Labute approximate surface area is 202 Å². The van der Waals surface area contributed by atoms with Crippen LogP contribution in [0.25, 0.3) is 21.9 Å². The summed E-state index contributed by atoms with van der Waals surface area (Å²) in [5, 5.41) is 18.3. The molecule has 9 heteroatoms. The molecule has 4 aromatic rings. The predicted molar refractivity (Wildman–Crippen MR) is 129 cm³/mol. The largest absolute Gasteiger partial charge is 0.378 e. The first-order valence-electron chi connectivity index (χ1n) is 12.0. The summed E-state index contributed by atoms with van der Waals surface area (Å²) in [6.45, 7) is 4.02. The molecule has 3 atom stereocenters. The van der Waals surface area contributed by atoms with E-state index in [1.54, 1.807) is 24.4 Å². The molecular weight excluding hydrogens is 442 g/mol. The zero-order valence-corrected chi connectivity index (χ0v) is 19.5. The summed E-state index contributed by atoms with van der Waals surface area (Å²) < 4.78 is 8.21. The Morgan fingerprint density at radius 3 is 2.94 bits per heavy atom. The van der Waals surface area contributed by atoms with Crippen molar-refractivity contribution in [1.29, 1.82) is 5.26 Å². The Kier molecular flexibility index (Phi) is 5.38. The van der Waals surface area contributed by atoms with E-state index in [1.165, 1.54) is 0 Å². The van der Waals surface area contributed by atoms with E-state index in [9.17, 15) is 10.1 Å². The van der Waals surface area contributed by atoms with Gasteiger partial charge in [0.05, 0.1) is 35.0 Å². The third kappa shape index (κ3) is 3.80. The summed E-state index contributed by atoms with van der Waals surface area (Å²) in [6, 6.07) is 11.5. The van der Waals surface area contributed by atoms with Gasteiger partial charge in [-0.1, -0.05) is 0 Å². The molecule has 35 heavy (non-hydrogen) atoms. The third-order valence-electron chi connectivity index (χ3n) is 7.13. The van der Waals surface area contributed by atoms with Gasteiger partial charge in [0.15, 0.2) is 5.69 Å². The number of amides is 1. The standard InChI is InChI=1S/C26H25N7O2/c1-16-11-19(7-10-35-16)33-24-20-12-17(13-27)4-5-21(20)28-14-23(24)30-25(33)18-6-9-32(15-18)26(34)22-3-2-8-29-31-22/h2-5,8,12,14,16,18-19H,6-7,9-11,15H2,1H3/t16-,18-,19-/m1/s1. The topological polar surface area (TPSA) is 110 Å². The molecular formula is C26H25N7O2. The van der Waals surface area contributed by atoms with Crippen LogP contribution in [-0.2, 0) is 4.74 Å². The molecule has 0 radical (unpaired) electrons. The molecule has 0 unspecified atom stereocenters. The number of ether oxygens (including phenoxy) is 1. The zero-order chi connectivity index (χ0) is 23.9. The summed E-state index contributed by atoms with van der Waals surface area (Å²) in [5.74, 6) is 0.967. The molecule has 176 valence electrons. The maximum Gasteiger partial charge on any atom is 0.274 e. The van der Waals surface area contributed by atoms with Crippen molar-refractivity contribution in [3.05, 3.63) is 59.8 Å². The van der Waals surface area contributed by atoms with Gasteiger partial charge in [0.1, 0.15) is 11.3 Å². The number of benzene rings is 1. The fourth-order valence-electron chi connectivity index (χ4n) is 5.46. The average molecular weight is 468 g/mol. The lowest BCUT2D eigenvalue weighted by Crippen LogP contribution is -2.30. The second-order valence-electron chi connectivity index (χ2n) is 9.38. The van der Waals surface area contributed by atoms with Crippen molar-refractivity contribution in [2.24, 2.45) is 0 Å². The maximum atomic E-state index is 13.0. The number of hydrogen-bond acceptors (Lipinski definition) is 7. The molecule has 6 rings (SSSR count). The fourth-order valence-corrected chi connectivity index (χ4v) is 5.46. The summed E-state index contributed by atoms with van der Waals surface area (Å²) in [6.07, 6.45) is 6.14. The van der Waals surface area contributed by atoms with Gasteiger partial charge in [-0.2, -0.15) is 10.4 Å². The van der Waals surface area contributed by atoms with Crippen LogP contribution in [0, 0.1) is 11.3 Å². The normalized spacial score (nSPS) is 22.5. The number of hydrogen-bond donors (Lipinski definition) is 0. The lowest BCUT2D eigenvalue weighted by molar-refractivity contribution is 0.00608. The van der Waals surface area contributed by atoms with Crippen molar-refractivity contribution in [3.8, 4) is 6.07 Å². The second-order valence-corrected chi connectivity index (χ2v) is 9.38. The van der Waals surface area contributed by atoms with Gasteiger partial charge in [-0.05, 0) is 56.5 Å². The third-order valence-corrected chi connectivity index (χ3v) is 7.13. The Balaban J connectivity index is 1.46. The number of fused-ring (bicyclic) bond motifs is 3. The molecule has 1 amide bonds. The van der Waals surface area contributed by atoms with Crippen molar-refractivity contribution < 1.29 is 9.53 Å². The minimum Gasteiger partial charge on any atom is -0.378 e. The maximum absolute atomic E-state index is 13.0. The van der Waals surface area contributed by atoms with Crippen LogP contribution in [0.1, 0.15) is 60.0 Å². The molecule has 2 aliphatic heterocycles. The van der Waals surface area contributed by atoms with E-state index in [2.05, 4.69) is 32.7 Å². The Morgan fingerprint density at radius 2 is 2.14 bits per heavy atom. The van der Waals surface area contributed by atoms with Crippen molar-refractivity contribution in [3.63, 3.8) is 0 Å². The molecule has 1 aromatic carbocycles. The molecule has 0 spiro atoms. The SMILES string of the molecule is C[C@@H]1C[C@H](n2c([C@@H]3CCN(C(=O)c4cccnn4)C3)nc3cnc4ccc(C#N)cc4c32)CCO1. The highest BCUT2D eigenvalue weighted by molar-refractivity contribution is 6.03. The van der Waals surface area contributed by atoms with E-state index in [0.29, 0.717) is 31.0 Å². The number of imidazole rings is 1. The van der Waals surface area contributed by atoms with E-state index in [0.717, 1.165) is 47.0 Å². The molecule has 0 saturated carbocycles. The van der Waals surface area contributed by atoms with Crippen LogP contribution in [0.4, 0.5) is 0 Å². The van der Waals surface area contributed by atoms with Gasteiger partial charge in [0.25, 0.3) is 5.91 Å². The van der Waals surface area contributed by atoms with E-state index in [4.69, 9.17) is 9.72 Å². The highest BCUT2D eigenvalue weighted by Gasteiger charge is 2.35. The number of carbonyl (C=O) groups is 1. The minimum atomic E-state index is -0.103. The highest BCUT2D eigenvalue weighted by Crippen LogP contribution is 2.38. The van der Waals surface area contributed by atoms with E-state index in [1.807, 2.05) is 23.2 Å². The number of carbonyl (C=O) groups excluding carboxylic acids is 1. The number of rotatable bonds is 3. The number of nitriles is 1. The fraction of sp³-hybridized carbons (Fsp3) is 0.385. The monoisotopic (exact) mass is 467 g/mol. The molecule has 9 nitrogen and oxygen atoms in total. The van der Waals surface area contributed by atoms with Gasteiger partial charge >= 0.3 is 0 Å². The molecule has 2 fully saturated rings. The molecule has 5 heterocycles. The molecule has 0 N–H and O–H groups in total.